The molecule has 0 N–H and O–H groups in total. The fraction of sp³-hybridized carbons (Fsp3) is 0.462. The Kier molecular flexibility index (Phi) is 8.67. The smallest absolute Gasteiger partial charge is 0.306 e. The number of halogens is 1. The lowest BCUT2D eigenvalue weighted by molar-refractivity contribution is -0.143. The third kappa shape index (κ3) is 6.79. The highest BCUT2D eigenvalue weighted by Crippen LogP contribution is 2.37. The van der Waals surface area contributed by atoms with Gasteiger partial charge in [0.15, 0.2) is 23.0 Å². The normalized spacial score (nSPS) is 14.1. The molecule has 1 unspecified atom stereocenters. The molecule has 2 heterocycles. The number of Topliss-reactive ketones (excluding diaryl/α,β-unsaturated/α-hetero) is 1. The highest BCUT2D eigenvalue weighted by molar-refractivity contribution is 6.27. The molecule has 0 saturated carbocycles. The van der Waals surface area contributed by atoms with Gasteiger partial charge >= 0.3 is 5.97 Å². The van der Waals surface area contributed by atoms with Gasteiger partial charge in [0.05, 0.1) is 18.9 Å². The number of benzene rings is 2. The molecule has 0 aliphatic carbocycles. The molecule has 8 heteroatoms. The topological polar surface area (TPSA) is 80.3 Å². The average Bonchev–Trinajstić information content (AvgIpc) is 3.46. The zero-order valence-corrected chi connectivity index (χ0v) is 20.8. The van der Waals surface area contributed by atoms with Gasteiger partial charge in [0.25, 0.3) is 0 Å². The Hall–Kier alpha value is -2.93. The van der Waals surface area contributed by atoms with Gasteiger partial charge in [0.1, 0.15) is 5.78 Å². The summed E-state index contributed by atoms with van der Waals surface area (Å²) in [7, 11) is 0. The fourth-order valence-corrected chi connectivity index (χ4v) is 3.70. The van der Waals surface area contributed by atoms with Crippen LogP contribution in [-0.2, 0) is 19.7 Å². The van der Waals surface area contributed by atoms with Crippen LogP contribution in [0.25, 0.3) is 0 Å². The molecule has 0 radical (unpaired) electrons. The first-order chi connectivity index (χ1) is 16.2. The molecule has 0 fully saturated rings. The first-order valence-corrected chi connectivity index (χ1v) is 11.8. The van der Waals surface area contributed by atoms with E-state index in [0.29, 0.717) is 24.9 Å². The molecule has 0 saturated heterocycles. The predicted molar refractivity (Wildman–Crippen MR) is 128 cm³/mol. The quantitative estimate of drug-likeness (QED) is 0.381. The Bertz CT molecular complexity index is 1010. The number of alkyl halides is 1. The largest absolute Gasteiger partial charge is 0.466 e. The zero-order valence-electron chi connectivity index (χ0n) is 20.0. The van der Waals surface area contributed by atoms with E-state index in [1.165, 1.54) is 5.56 Å². The summed E-state index contributed by atoms with van der Waals surface area (Å²) < 4.78 is 26.1. The van der Waals surface area contributed by atoms with Gasteiger partial charge in [-0.3, -0.25) is 9.59 Å². The second-order valence-corrected chi connectivity index (χ2v) is 9.28. The molecule has 0 aromatic heterocycles. The van der Waals surface area contributed by atoms with Gasteiger partial charge in [0.2, 0.25) is 13.6 Å². The van der Waals surface area contributed by atoms with Crippen molar-refractivity contribution in [2.75, 3.05) is 26.1 Å². The minimum atomic E-state index is -0.331. The summed E-state index contributed by atoms with van der Waals surface area (Å²) in [5.41, 5.74) is 2.28. The van der Waals surface area contributed by atoms with Gasteiger partial charge in [-0.2, -0.15) is 0 Å². The molecule has 2 aliphatic heterocycles. The number of hydrogen-bond donors (Lipinski definition) is 0. The zero-order chi connectivity index (χ0) is 24.7. The van der Waals surface area contributed by atoms with Crippen molar-refractivity contribution in [1.82, 2.24) is 0 Å². The van der Waals surface area contributed by atoms with Crippen molar-refractivity contribution >= 4 is 23.4 Å². The molecule has 2 aromatic carbocycles. The molecule has 34 heavy (non-hydrogen) atoms. The summed E-state index contributed by atoms with van der Waals surface area (Å²) in [6, 6.07) is 11.5. The minimum Gasteiger partial charge on any atom is -0.466 e. The van der Waals surface area contributed by atoms with E-state index in [9.17, 15) is 9.59 Å². The molecule has 1 atom stereocenters. The molecule has 0 amide bonds. The molecule has 4 rings (SSSR count). The maximum atomic E-state index is 11.7. The number of carbonyl (C=O) groups excluding carboxylic acids is 2. The van der Waals surface area contributed by atoms with Crippen molar-refractivity contribution in [3.8, 4) is 23.0 Å². The van der Waals surface area contributed by atoms with Crippen molar-refractivity contribution < 1.29 is 33.3 Å². The van der Waals surface area contributed by atoms with E-state index in [1.807, 2.05) is 12.1 Å². The molecular formula is C26H31ClO7. The summed E-state index contributed by atoms with van der Waals surface area (Å²) >= 11 is 5.56. The lowest BCUT2D eigenvalue weighted by Crippen LogP contribution is -2.14. The van der Waals surface area contributed by atoms with E-state index < -0.39 is 0 Å². The van der Waals surface area contributed by atoms with Crippen LogP contribution in [0.1, 0.15) is 57.6 Å². The third-order valence-electron chi connectivity index (χ3n) is 5.45. The highest BCUT2D eigenvalue weighted by Gasteiger charge is 2.23. The van der Waals surface area contributed by atoms with Crippen LogP contribution >= 0.6 is 11.6 Å². The molecular weight excluding hydrogens is 460 g/mol. The Labute approximate surface area is 205 Å². The summed E-state index contributed by atoms with van der Waals surface area (Å²) in [6.45, 7) is 9.15. The Morgan fingerprint density at radius 2 is 1.50 bits per heavy atom. The lowest BCUT2D eigenvalue weighted by Gasteiger charge is -2.18. The van der Waals surface area contributed by atoms with Crippen LogP contribution in [-0.4, -0.2) is 37.8 Å². The standard InChI is InChI=1S/C15H17ClO5.C11H14O2/c1-2-19-15(18)7-11(5-12(17)8-16)10-3-4-13-14(6-10)21-9-20-13;1-11(2,3)8-4-5-9-10(6-8)13-7-12-9/h3-4,6,11H,2,5,7-9H2,1H3;4-6H,7H2,1-3H3. The highest BCUT2D eigenvalue weighted by atomic mass is 35.5. The number of ether oxygens (including phenoxy) is 5. The molecule has 0 spiro atoms. The van der Waals surface area contributed by atoms with Crippen LogP contribution in [0.3, 0.4) is 0 Å². The van der Waals surface area contributed by atoms with Gasteiger partial charge in [0, 0.05) is 12.3 Å². The van der Waals surface area contributed by atoms with Crippen LogP contribution in [0.15, 0.2) is 36.4 Å². The van der Waals surface area contributed by atoms with Crippen LogP contribution < -0.4 is 18.9 Å². The summed E-state index contributed by atoms with van der Waals surface area (Å²) in [5.74, 6) is 2.23. The number of carbonyl (C=O) groups is 2. The molecule has 7 nitrogen and oxygen atoms in total. The van der Waals surface area contributed by atoms with Crippen LogP contribution in [0.5, 0.6) is 23.0 Å². The second kappa shape index (κ2) is 11.5. The van der Waals surface area contributed by atoms with Crippen molar-refractivity contribution in [3.63, 3.8) is 0 Å². The third-order valence-corrected chi connectivity index (χ3v) is 5.75. The van der Waals surface area contributed by atoms with Crippen molar-refractivity contribution in [1.29, 1.82) is 0 Å². The number of hydrogen-bond acceptors (Lipinski definition) is 7. The number of rotatable bonds is 7. The van der Waals surface area contributed by atoms with E-state index >= 15 is 0 Å². The first kappa shape index (κ1) is 25.7. The Morgan fingerprint density at radius 1 is 0.912 bits per heavy atom. The van der Waals surface area contributed by atoms with Gasteiger partial charge in [-0.15, -0.1) is 11.6 Å². The minimum absolute atomic E-state index is 0.0656. The SMILES string of the molecule is CC(C)(C)c1ccc2c(c1)OCO2.CCOC(=O)CC(CC(=O)CCl)c1ccc2c(c1)OCO2. The fourth-order valence-electron chi connectivity index (χ4n) is 3.59. The van der Waals surface area contributed by atoms with Gasteiger partial charge in [-0.05, 0) is 47.7 Å². The Balaban J connectivity index is 0.000000212. The molecule has 0 bridgehead atoms. The number of esters is 1. The first-order valence-electron chi connectivity index (χ1n) is 11.2. The number of fused-ring (bicyclic) bond motifs is 2. The number of ketones is 1. The van der Waals surface area contributed by atoms with Gasteiger partial charge in [-0.25, -0.2) is 0 Å². The van der Waals surface area contributed by atoms with Crippen molar-refractivity contribution in [2.24, 2.45) is 0 Å². The van der Waals surface area contributed by atoms with Gasteiger partial charge in [-0.1, -0.05) is 32.9 Å². The lowest BCUT2D eigenvalue weighted by atomic mass is 9.87. The average molecular weight is 491 g/mol. The molecule has 184 valence electrons. The monoisotopic (exact) mass is 490 g/mol. The van der Waals surface area contributed by atoms with E-state index in [0.717, 1.165) is 17.1 Å². The van der Waals surface area contributed by atoms with E-state index in [2.05, 4.69) is 32.9 Å². The van der Waals surface area contributed by atoms with Crippen LogP contribution in [0.4, 0.5) is 0 Å². The van der Waals surface area contributed by atoms with Crippen LogP contribution in [0.2, 0.25) is 0 Å². The van der Waals surface area contributed by atoms with E-state index in [4.69, 9.17) is 35.3 Å². The predicted octanol–water partition coefficient (Wildman–Crippen LogP) is 5.36. The summed E-state index contributed by atoms with van der Waals surface area (Å²) in [6.07, 6.45) is 0.331. The molecule has 2 aliphatic rings. The van der Waals surface area contributed by atoms with E-state index in [-0.39, 0.29) is 48.6 Å². The maximum Gasteiger partial charge on any atom is 0.306 e. The van der Waals surface area contributed by atoms with Crippen molar-refractivity contribution in [2.45, 2.75) is 51.9 Å². The van der Waals surface area contributed by atoms with E-state index in [1.54, 1.807) is 19.1 Å². The van der Waals surface area contributed by atoms with Crippen molar-refractivity contribution in [3.05, 3.63) is 47.5 Å². The summed E-state index contributed by atoms with van der Waals surface area (Å²) in [4.78, 5) is 23.3. The maximum absolute atomic E-state index is 11.7. The molecule has 2 aromatic rings. The van der Waals surface area contributed by atoms with Gasteiger partial charge < -0.3 is 23.7 Å². The summed E-state index contributed by atoms with van der Waals surface area (Å²) in [5, 5.41) is 0. The Morgan fingerprint density at radius 3 is 2.09 bits per heavy atom. The second-order valence-electron chi connectivity index (χ2n) is 9.01. The van der Waals surface area contributed by atoms with Crippen LogP contribution in [0, 0.1) is 0 Å².